The molecule has 1 N–H and O–H groups in total. The van der Waals surface area contributed by atoms with Crippen molar-refractivity contribution in [1.82, 2.24) is 10.2 Å². The maximum atomic E-state index is 3.37. The number of nitrogens with zero attached hydrogens (tertiary/aromatic N) is 1. The highest BCUT2D eigenvalue weighted by molar-refractivity contribution is 4.90. The first-order valence-electron chi connectivity index (χ1n) is 5.92. The van der Waals surface area contributed by atoms with Crippen LogP contribution in [0, 0.1) is 5.41 Å². The van der Waals surface area contributed by atoms with Gasteiger partial charge in [-0.25, -0.2) is 0 Å². The molecule has 0 aliphatic heterocycles. The third-order valence-electron chi connectivity index (χ3n) is 3.69. The smallest absolute Gasteiger partial charge is 0.00991 e. The van der Waals surface area contributed by atoms with E-state index >= 15 is 0 Å². The molecule has 2 heteroatoms. The van der Waals surface area contributed by atoms with Gasteiger partial charge in [0.2, 0.25) is 0 Å². The van der Waals surface area contributed by atoms with Crippen molar-refractivity contribution in [2.24, 2.45) is 5.41 Å². The second kappa shape index (κ2) is 4.63. The van der Waals surface area contributed by atoms with Crippen molar-refractivity contribution < 1.29 is 0 Å². The van der Waals surface area contributed by atoms with Crippen LogP contribution in [0.3, 0.4) is 0 Å². The Morgan fingerprint density at radius 1 is 1.43 bits per heavy atom. The molecule has 0 saturated heterocycles. The van der Waals surface area contributed by atoms with Crippen molar-refractivity contribution in [3.63, 3.8) is 0 Å². The van der Waals surface area contributed by atoms with Crippen LogP contribution in [0.25, 0.3) is 0 Å². The molecule has 0 bridgehead atoms. The second-order valence-electron chi connectivity index (χ2n) is 5.29. The van der Waals surface area contributed by atoms with Crippen LogP contribution < -0.4 is 5.32 Å². The monoisotopic (exact) mass is 198 g/mol. The van der Waals surface area contributed by atoms with Gasteiger partial charge in [-0.05, 0) is 38.8 Å². The molecule has 0 aromatic rings. The minimum Gasteiger partial charge on any atom is -0.317 e. The lowest BCUT2D eigenvalue weighted by molar-refractivity contribution is 0.145. The molecule has 1 aliphatic carbocycles. The summed E-state index contributed by atoms with van der Waals surface area (Å²) in [6.07, 6.45) is 2.83. The van der Waals surface area contributed by atoms with Crippen LogP contribution in [-0.4, -0.2) is 37.1 Å². The molecule has 2 nitrogen and oxygen atoms in total. The van der Waals surface area contributed by atoms with E-state index in [2.05, 4.69) is 45.0 Å². The predicted octanol–water partition coefficient (Wildman–Crippen LogP) is 2.10. The summed E-state index contributed by atoms with van der Waals surface area (Å²) in [7, 11) is 2.06. The third-order valence-corrected chi connectivity index (χ3v) is 3.69. The van der Waals surface area contributed by atoms with E-state index in [-0.39, 0.29) is 0 Å². The van der Waals surface area contributed by atoms with Gasteiger partial charge in [0.1, 0.15) is 0 Å². The lowest BCUT2D eigenvalue weighted by Crippen LogP contribution is -2.46. The van der Waals surface area contributed by atoms with E-state index in [0.29, 0.717) is 11.5 Å². The summed E-state index contributed by atoms with van der Waals surface area (Å²) in [6.45, 7) is 11.7. The van der Waals surface area contributed by atoms with E-state index in [1.807, 2.05) is 0 Å². The summed E-state index contributed by atoms with van der Waals surface area (Å²) >= 11 is 0. The molecule has 0 aromatic carbocycles. The van der Waals surface area contributed by atoms with E-state index in [1.165, 1.54) is 25.9 Å². The Bertz CT molecular complexity index is 173. The largest absolute Gasteiger partial charge is 0.317 e. The van der Waals surface area contributed by atoms with Gasteiger partial charge in [0.05, 0.1) is 0 Å². The number of hydrogen-bond acceptors (Lipinski definition) is 2. The van der Waals surface area contributed by atoms with Crippen molar-refractivity contribution in [2.45, 2.75) is 52.6 Å². The fourth-order valence-corrected chi connectivity index (χ4v) is 1.99. The van der Waals surface area contributed by atoms with Gasteiger partial charge < -0.3 is 10.2 Å². The number of hydrogen-bond donors (Lipinski definition) is 1. The van der Waals surface area contributed by atoms with Crippen LogP contribution >= 0.6 is 0 Å². The first kappa shape index (κ1) is 12.0. The Balaban J connectivity index is 2.46. The Morgan fingerprint density at radius 3 is 2.36 bits per heavy atom. The fourth-order valence-electron chi connectivity index (χ4n) is 1.99. The van der Waals surface area contributed by atoms with Gasteiger partial charge in [0.15, 0.2) is 0 Å². The highest BCUT2D eigenvalue weighted by atomic mass is 15.2. The molecule has 1 rings (SSSR count). The van der Waals surface area contributed by atoms with Crippen molar-refractivity contribution in [1.29, 1.82) is 0 Å². The van der Waals surface area contributed by atoms with Crippen LogP contribution in [0.1, 0.15) is 40.5 Å². The average Bonchev–Trinajstić information content (AvgIpc) is 2.96. The normalized spacial score (nSPS) is 20.1. The van der Waals surface area contributed by atoms with Crippen LogP contribution in [0.15, 0.2) is 0 Å². The van der Waals surface area contributed by atoms with E-state index < -0.39 is 0 Å². The van der Waals surface area contributed by atoms with Crippen LogP contribution in [0.2, 0.25) is 0 Å². The molecule has 1 aliphatic rings. The molecule has 1 saturated carbocycles. The molecular formula is C12H26N2. The summed E-state index contributed by atoms with van der Waals surface area (Å²) in [5, 5.41) is 3.37. The zero-order chi connectivity index (χ0) is 10.8. The Morgan fingerprint density at radius 2 is 2.00 bits per heavy atom. The van der Waals surface area contributed by atoms with E-state index in [9.17, 15) is 0 Å². The van der Waals surface area contributed by atoms with Crippen molar-refractivity contribution in [2.75, 3.05) is 20.1 Å². The van der Waals surface area contributed by atoms with Crippen molar-refractivity contribution in [3.8, 4) is 0 Å². The van der Waals surface area contributed by atoms with Gasteiger partial charge in [-0.15, -0.1) is 0 Å². The minimum atomic E-state index is 0.368. The van der Waals surface area contributed by atoms with Gasteiger partial charge in [-0.3, -0.25) is 0 Å². The van der Waals surface area contributed by atoms with Gasteiger partial charge in [-0.1, -0.05) is 20.8 Å². The first-order valence-corrected chi connectivity index (χ1v) is 5.92. The lowest BCUT2D eigenvalue weighted by Gasteiger charge is -2.36. The molecule has 14 heavy (non-hydrogen) atoms. The molecule has 84 valence electrons. The van der Waals surface area contributed by atoms with Crippen LogP contribution in [0.5, 0.6) is 0 Å². The Hall–Kier alpha value is -0.0800. The second-order valence-corrected chi connectivity index (χ2v) is 5.29. The zero-order valence-electron chi connectivity index (χ0n) is 10.4. The number of rotatable bonds is 6. The molecule has 0 amide bonds. The predicted molar refractivity (Wildman–Crippen MR) is 62.6 cm³/mol. The molecular weight excluding hydrogens is 172 g/mol. The Labute approximate surface area is 89.1 Å². The van der Waals surface area contributed by atoms with Crippen LogP contribution in [-0.2, 0) is 0 Å². The molecule has 0 radical (unpaired) electrons. The van der Waals surface area contributed by atoms with Crippen molar-refractivity contribution in [3.05, 3.63) is 0 Å². The highest BCUT2D eigenvalue weighted by Gasteiger charge is 2.33. The topological polar surface area (TPSA) is 15.3 Å². The quantitative estimate of drug-likeness (QED) is 0.703. The maximum Gasteiger partial charge on any atom is 0.00991 e. The average molecular weight is 198 g/mol. The standard InChI is InChI=1S/C12H26N2/c1-6-14(11-7-8-11)9-12(3,4)10(2)13-5/h10-11,13H,6-9H2,1-5H3. The SMILES string of the molecule is CCN(CC(C)(C)C(C)NC)C1CC1. The van der Waals surface area contributed by atoms with Crippen molar-refractivity contribution >= 4 is 0 Å². The highest BCUT2D eigenvalue weighted by Crippen LogP contribution is 2.31. The van der Waals surface area contributed by atoms with E-state index in [4.69, 9.17) is 0 Å². The number of nitrogens with one attached hydrogen (secondary N) is 1. The minimum absolute atomic E-state index is 0.368. The zero-order valence-corrected chi connectivity index (χ0v) is 10.4. The first-order chi connectivity index (χ1) is 6.51. The molecule has 0 aromatic heterocycles. The summed E-state index contributed by atoms with van der Waals surface area (Å²) in [5.74, 6) is 0. The van der Waals surface area contributed by atoms with Crippen LogP contribution in [0.4, 0.5) is 0 Å². The van der Waals surface area contributed by atoms with Gasteiger partial charge in [0, 0.05) is 18.6 Å². The summed E-state index contributed by atoms with van der Waals surface area (Å²) in [4.78, 5) is 2.63. The Kier molecular flexibility index (Phi) is 3.96. The summed E-state index contributed by atoms with van der Waals surface area (Å²) in [5.41, 5.74) is 0.368. The maximum absolute atomic E-state index is 3.37. The molecule has 0 heterocycles. The molecule has 1 unspecified atom stereocenters. The lowest BCUT2D eigenvalue weighted by atomic mass is 9.85. The molecule has 1 atom stereocenters. The van der Waals surface area contributed by atoms with Gasteiger partial charge in [-0.2, -0.15) is 0 Å². The van der Waals surface area contributed by atoms with E-state index in [0.717, 1.165) is 6.04 Å². The summed E-state index contributed by atoms with van der Waals surface area (Å²) < 4.78 is 0. The third kappa shape index (κ3) is 2.96. The van der Waals surface area contributed by atoms with Gasteiger partial charge in [0.25, 0.3) is 0 Å². The van der Waals surface area contributed by atoms with Gasteiger partial charge >= 0.3 is 0 Å². The molecule has 0 spiro atoms. The fraction of sp³-hybridized carbons (Fsp3) is 1.00. The summed E-state index contributed by atoms with van der Waals surface area (Å²) in [6, 6.07) is 1.47. The molecule has 1 fully saturated rings. The van der Waals surface area contributed by atoms with E-state index in [1.54, 1.807) is 0 Å².